The molecule has 2 aliphatic heterocycles. The van der Waals surface area contributed by atoms with Gasteiger partial charge in [-0.3, -0.25) is 9.89 Å². The fourth-order valence-corrected chi connectivity index (χ4v) is 4.00. The summed E-state index contributed by atoms with van der Waals surface area (Å²) in [6.07, 6.45) is 6.01. The maximum Gasteiger partial charge on any atom is 0.193 e. The molecule has 152 valence electrons. The number of rotatable bonds is 7. The molecule has 2 fully saturated rings. The van der Waals surface area contributed by atoms with Crippen LogP contribution in [0.15, 0.2) is 29.3 Å². The Bertz CT molecular complexity index is 589. The minimum Gasteiger partial charge on any atom is -0.494 e. The molecule has 1 atom stereocenters. The van der Waals surface area contributed by atoms with Crippen LogP contribution >= 0.6 is 24.0 Å². The van der Waals surface area contributed by atoms with Gasteiger partial charge in [-0.05, 0) is 62.9 Å². The summed E-state index contributed by atoms with van der Waals surface area (Å²) in [5.41, 5.74) is 1.30. The number of benzene rings is 1. The molecule has 2 aliphatic rings. The fourth-order valence-electron chi connectivity index (χ4n) is 4.00. The second-order valence-corrected chi connectivity index (χ2v) is 7.35. The van der Waals surface area contributed by atoms with E-state index in [4.69, 9.17) is 4.74 Å². The molecule has 1 unspecified atom stereocenters. The highest BCUT2D eigenvalue weighted by Gasteiger charge is 2.30. The van der Waals surface area contributed by atoms with Crippen LogP contribution in [0.2, 0.25) is 0 Å². The predicted octanol–water partition coefficient (Wildman–Crippen LogP) is 3.38. The number of hydrogen-bond donors (Lipinski definition) is 1. The van der Waals surface area contributed by atoms with Crippen LogP contribution in [0.5, 0.6) is 5.75 Å². The molecule has 1 aromatic rings. The van der Waals surface area contributed by atoms with Crippen molar-refractivity contribution >= 4 is 29.9 Å². The molecule has 2 heterocycles. The first-order valence-corrected chi connectivity index (χ1v) is 10.2. The van der Waals surface area contributed by atoms with Crippen molar-refractivity contribution < 1.29 is 4.74 Å². The van der Waals surface area contributed by atoms with Crippen molar-refractivity contribution in [1.82, 2.24) is 15.1 Å². The van der Waals surface area contributed by atoms with Gasteiger partial charge in [0.2, 0.25) is 0 Å². The molecule has 1 N–H and O–H groups in total. The second-order valence-electron chi connectivity index (χ2n) is 7.35. The standard InChI is InChI=1S/C21H34N4O.HI/c1-3-15-26-20-8-6-7-18(16-20)9-11-23-21(22-2)25-14-10-19(17-25)24-12-4-5-13-24;/h6-8,16,19H,3-5,9-15,17H2,1-2H3,(H,22,23);1H. The lowest BCUT2D eigenvalue weighted by Crippen LogP contribution is -2.43. The van der Waals surface area contributed by atoms with Gasteiger partial charge in [-0.1, -0.05) is 19.1 Å². The van der Waals surface area contributed by atoms with Gasteiger partial charge in [-0.25, -0.2) is 0 Å². The number of likely N-dealkylation sites (tertiary alicyclic amines) is 2. The topological polar surface area (TPSA) is 40.1 Å². The lowest BCUT2D eigenvalue weighted by Gasteiger charge is -2.25. The van der Waals surface area contributed by atoms with Gasteiger partial charge < -0.3 is 15.0 Å². The zero-order valence-corrected chi connectivity index (χ0v) is 19.2. The third-order valence-electron chi connectivity index (χ3n) is 5.40. The summed E-state index contributed by atoms with van der Waals surface area (Å²) in [6, 6.07) is 9.15. The molecule has 2 saturated heterocycles. The highest BCUT2D eigenvalue weighted by Crippen LogP contribution is 2.20. The molecule has 3 rings (SSSR count). The Labute approximate surface area is 181 Å². The van der Waals surface area contributed by atoms with Gasteiger partial charge in [-0.15, -0.1) is 24.0 Å². The number of halogens is 1. The SMILES string of the molecule is CCCOc1cccc(CCNC(=NC)N2CCC(N3CCCC3)C2)c1.I. The van der Waals surface area contributed by atoms with Gasteiger partial charge in [0, 0.05) is 32.7 Å². The zero-order valence-electron chi connectivity index (χ0n) is 16.8. The van der Waals surface area contributed by atoms with Gasteiger partial charge in [0.15, 0.2) is 5.96 Å². The molecule has 0 aromatic heterocycles. The van der Waals surface area contributed by atoms with Gasteiger partial charge >= 0.3 is 0 Å². The van der Waals surface area contributed by atoms with E-state index in [0.29, 0.717) is 6.04 Å². The molecule has 6 heteroatoms. The van der Waals surface area contributed by atoms with Crippen molar-refractivity contribution in [3.63, 3.8) is 0 Å². The van der Waals surface area contributed by atoms with E-state index in [9.17, 15) is 0 Å². The smallest absolute Gasteiger partial charge is 0.193 e. The summed E-state index contributed by atoms with van der Waals surface area (Å²) in [4.78, 5) is 9.59. The highest BCUT2D eigenvalue weighted by atomic mass is 127. The van der Waals surface area contributed by atoms with E-state index in [0.717, 1.165) is 50.8 Å². The van der Waals surface area contributed by atoms with Crippen molar-refractivity contribution in [2.24, 2.45) is 4.99 Å². The van der Waals surface area contributed by atoms with E-state index in [1.165, 1.54) is 37.9 Å². The van der Waals surface area contributed by atoms with Gasteiger partial charge in [0.25, 0.3) is 0 Å². The highest BCUT2D eigenvalue weighted by molar-refractivity contribution is 14.0. The molecule has 0 aliphatic carbocycles. The minimum absolute atomic E-state index is 0. The number of nitrogens with zero attached hydrogens (tertiary/aromatic N) is 3. The number of hydrogen-bond acceptors (Lipinski definition) is 3. The van der Waals surface area contributed by atoms with Crippen LogP contribution < -0.4 is 10.1 Å². The summed E-state index contributed by atoms with van der Waals surface area (Å²) in [5, 5.41) is 3.55. The molecular weight excluding hydrogens is 451 g/mol. The Morgan fingerprint density at radius 1 is 1.26 bits per heavy atom. The zero-order chi connectivity index (χ0) is 18.2. The first-order chi connectivity index (χ1) is 12.8. The maximum absolute atomic E-state index is 5.73. The molecule has 0 amide bonds. The van der Waals surface area contributed by atoms with Crippen LogP contribution in [0.25, 0.3) is 0 Å². The average molecular weight is 486 g/mol. The van der Waals surface area contributed by atoms with E-state index >= 15 is 0 Å². The molecule has 1 aromatic carbocycles. The van der Waals surface area contributed by atoms with Crippen LogP contribution in [0, 0.1) is 0 Å². The van der Waals surface area contributed by atoms with Crippen molar-refractivity contribution in [2.45, 2.75) is 45.1 Å². The number of nitrogens with one attached hydrogen (secondary N) is 1. The molecule has 0 bridgehead atoms. The molecule has 0 saturated carbocycles. The molecule has 5 nitrogen and oxygen atoms in total. The molecule has 0 spiro atoms. The van der Waals surface area contributed by atoms with Crippen molar-refractivity contribution in [1.29, 1.82) is 0 Å². The Kier molecular flexibility index (Phi) is 9.68. The summed E-state index contributed by atoms with van der Waals surface area (Å²) in [5.74, 6) is 2.02. The third-order valence-corrected chi connectivity index (χ3v) is 5.40. The van der Waals surface area contributed by atoms with Crippen molar-refractivity contribution in [3.8, 4) is 5.75 Å². The second kappa shape index (κ2) is 11.7. The van der Waals surface area contributed by atoms with Crippen LogP contribution in [0.1, 0.15) is 38.2 Å². The van der Waals surface area contributed by atoms with E-state index in [1.54, 1.807) is 0 Å². The first kappa shape index (κ1) is 22.3. The number of guanidine groups is 1. The Balaban J connectivity index is 0.00000261. The van der Waals surface area contributed by atoms with Crippen molar-refractivity contribution in [2.75, 3.05) is 46.4 Å². The normalized spacial score (nSPS) is 20.6. The fraction of sp³-hybridized carbons (Fsp3) is 0.667. The van der Waals surface area contributed by atoms with E-state index in [1.807, 2.05) is 13.1 Å². The van der Waals surface area contributed by atoms with Crippen LogP contribution in [0.3, 0.4) is 0 Å². The summed E-state index contributed by atoms with van der Waals surface area (Å²) < 4.78 is 5.73. The number of ether oxygens (including phenoxy) is 1. The van der Waals surface area contributed by atoms with Gasteiger partial charge in [-0.2, -0.15) is 0 Å². The quantitative estimate of drug-likeness (QED) is 0.365. The average Bonchev–Trinajstić information content (AvgIpc) is 3.35. The lowest BCUT2D eigenvalue weighted by atomic mass is 10.1. The molecular formula is C21H35IN4O. The Hall–Kier alpha value is -1.02. The van der Waals surface area contributed by atoms with Crippen LogP contribution in [-0.4, -0.2) is 68.2 Å². The number of aliphatic imine (C=N–C) groups is 1. The lowest BCUT2D eigenvalue weighted by molar-refractivity contribution is 0.249. The Morgan fingerprint density at radius 3 is 2.81 bits per heavy atom. The van der Waals surface area contributed by atoms with E-state index in [2.05, 4.69) is 45.2 Å². The minimum atomic E-state index is 0. The van der Waals surface area contributed by atoms with Crippen LogP contribution in [0.4, 0.5) is 0 Å². The largest absolute Gasteiger partial charge is 0.494 e. The molecule has 0 radical (unpaired) electrons. The first-order valence-electron chi connectivity index (χ1n) is 10.2. The summed E-state index contributed by atoms with van der Waals surface area (Å²) in [7, 11) is 1.89. The third kappa shape index (κ3) is 6.52. The van der Waals surface area contributed by atoms with Gasteiger partial charge in [0.05, 0.1) is 6.61 Å². The van der Waals surface area contributed by atoms with E-state index in [-0.39, 0.29) is 24.0 Å². The predicted molar refractivity (Wildman–Crippen MR) is 123 cm³/mol. The van der Waals surface area contributed by atoms with E-state index < -0.39 is 0 Å². The Morgan fingerprint density at radius 2 is 2.07 bits per heavy atom. The summed E-state index contributed by atoms with van der Waals surface area (Å²) in [6.45, 7) is 8.59. The summed E-state index contributed by atoms with van der Waals surface area (Å²) >= 11 is 0. The van der Waals surface area contributed by atoms with Crippen LogP contribution in [-0.2, 0) is 6.42 Å². The van der Waals surface area contributed by atoms with Crippen molar-refractivity contribution in [3.05, 3.63) is 29.8 Å². The monoisotopic (exact) mass is 486 g/mol. The maximum atomic E-state index is 5.73. The molecule has 27 heavy (non-hydrogen) atoms. The van der Waals surface area contributed by atoms with Gasteiger partial charge in [0.1, 0.15) is 5.75 Å².